The Balaban J connectivity index is 1.65. The second kappa shape index (κ2) is 14.7. The zero-order chi connectivity index (χ0) is 30.1. The molecule has 0 saturated carbocycles. The summed E-state index contributed by atoms with van der Waals surface area (Å²) in [7, 11) is 0. The number of aryl methyl sites for hydroxylation is 1. The van der Waals surface area contributed by atoms with Gasteiger partial charge in [0.05, 0.1) is 10.4 Å². The molecular formula is C31H39ClN4O5. The SMILES string of the molecule is CCCCN(CCNC(=O)C(C)NC(=O)c1cc(=O)c2cc(C)cc(Cl)c2o1)c1ccccc1CN(CC)C(C)=O. The summed E-state index contributed by atoms with van der Waals surface area (Å²) < 4.78 is 5.62. The lowest BCUT2D eigenvalue weighted by atomic mass is 10.1. The minimum absolute atomic E-state index is 0.0202. The molecule has 0 spiro atoms. The van der Waals surface area contributed by atoms with E-state index in [2.05, 4.69) is 22.5 Å². The molecule has 3 rings (SSSR count). The van der Waals surface area contributed by atoms with Gasteiger partial charge in [-0.05, 0) is 56.5 Å². The molecule has 220 valence electrons. The molecule has 41 heavy (non-hydrogen) atoms. The van der Waals surface area contributed by atoms with Crippen molar-refractivity contribution in [3.8, 4) is 0 Å². The van der Waals surface area contributed by atoms with Crippen molar-refractivity contribution < 1.29 is 18.8 Å². The highest BCUT2D eigenvalue weighted by molar-refractivity contribution is 6.34. The summed E-state index contributed by atoms with van der Waals surface area (Å²) in [5.41, 5.74) is 2.60. The van der Waals surface area contributed by atoms with Crippen LogP contribution >= 0.6 is 11.6 Å². The fourth-order valence-corrected chi connectivity index (χ4v) is 4.88. The topological polar surface area (TPSA) is 112 Å². The number of fused-ring (bicyclic) bond motifs is 1. The Bertz CT molecular complexity index is 1450. The molecule has 0 saturated heterocycles. The molecule has 0 aliphatic heterocycles. The normalized spacial score (nSPS) is 11.7. The number of para-hydroxylation sites is 1. The number of nitrogens with one attached hydrogen (secondary N) is 2. The Morgan fingerprint density at radius 1 is 1.07 bits per heavy atom. The third-order valence-corrected chi connectivity index (χ3v) is 7.16. The summed E-state index contributed by atoms with van der Waals surface area (Å²) in [5.74, 6) is -1.26. The Morgan fingerprint density at radius 2 is 1.80 bits per heavy atom. The van der Waals surface area contributed by atoms with Crippen LogP contribution in [-0.2, 0) is 16.1 Å². The van der Waals surface area contributed by atoms with Gasteiger partial charge in [0.2, 0.25) is 11.8 Å². The van der Waals surface area contributed by atoms with Gasteiger partial charge < -0.3 is 24.9 Å². The first kappa shape index (κ1) is 31.7. The second-order valence-corrected chi connectivity index (χ2v) is 10.5. The fraction of sp³-hybridized carbons (Fsp3) is 0.419. The van der Waals surface area contributed by atoms with Gasteiger partial charge in [-0.2, -0.15) is 0 Å². The van der Waals surface area contributed by atoms with Gasteiger partial charge in [-0.1, -0.05) is 43.1 Å². The van der Waals surface area contributed by atoms with E-state index in [0.29, 0.717) is 26.2 Å². The first-order valence-electron chi connectivity index (χ1n) is 14.0. The molecule has 0 aliphatic rings. The number of halogens is 1. The van der Waals surface area contributed by atoms with Crippen molar-refractivity contribution in [2.24, 2.45) is 0 Å². The maximum atomic E-state index is 12.8. The van der Waals surface area contributed by atoms with E-state index in [4.69, 9.17) is 16.0 Å². The highest BCUT2D eigenvalue weighted by Gasteiger charge is 2.21. The highest BCUT2D eigenvalue weighted by Crippen LogP contribution is 2.25. The van der Waals surface area contributed by atoms with Crippen LogP contribution in [0.2, 0.25) is 5.02 Å². The number of unbranched alkanes of at least 4 members (excludes halogenated alkanes) is 1. The van der Waals surface area contributed by atoms with Crippen molar-refractivity contribution in [1.29, 1.82) is 0 Å². The van der Waals surface area contributed by atoms with Crippen LogP contribution in [-0.4, -0.2) is 54.8 Å². The largest absolute Gasteiger partial charge is 0.449 e. The van der Waals surface area contributed by atoms with Crippen molar-refractivity contribution >= 4 is 46.0 Å². The number of carbonyl (C=O) groups excluding carboxylic acids is 3. The minimum Gasteiger partial charge on any atom is -0.449 e. The smallest absolute Gasteiger partial charge is 0.287 e. The maximum absolute atomic E-state index is 12.8. The third-order valence-electron chi connectivity index (χ3n) is 6.88. The molecule has 2 aromatic carbocycles. The molecule has 1 unspecified atom stereocenters. The van der Waals surface area contributed by atoms with E-state index in [1.54, 1.807) is 30.9 Å². The predicted molar refractivity (Wildman–Crippen MR) is 162 cm³/mol. The van der Waals surface area contributed by atoms with Gasteiger partial charge in [0, 0.05) is 51.4 Å². The maximum Gasteiger partial charge on any atom is 0.287 e. The number of hydrogen-bond donors (Lipinski definition) is 2. The van der Waals surface area contributed by atoms with E-state index < -0.39 is 17.4 Å². The van der Waals surface area contributed by atoms with E-state index in [1.807, 2.05) is 38.1 Å². The van der Waals surface area contributed by atoms with E-state index in [9.17, 15) is 19.2 Å². The van der Waals surface area contributed by atoms with Crippen LogP contribution in [0.5, 0.6) is 0 Å². The van der Waals surface area contributed by atoms with Crippen molar-refractivity contribution in [2.45, 2.75) is 60.0 Å². The molecule has 0 radical (unpaired) electrons. The predicted octanol–water partition coefficient (Wildman–Crippen LogP) is 4.66. The minimum atomic E-state index is -0.873. The summed E-state index contributed by atoms with van der Waals surface area (Å²) in [4.78, 5) is 54.2. The van der Waals surface area contributed by atoms with Crippen molar-refractivity contribution in [3.05, 3.63) is 74.6 Å². The van der Waals surface area contributed by atoms with E-state index >= 15 is 0 Å². The number of hydrogen-bond acceptors (Lipinski definition) is 6. The summed E-state index contributed by atoms with van der Waals surface area (Å²) in [6, 6.07) is 11.5. The summed E-state index contributed by atoms with van der Waals surface area (Å²) in [5, 5.41) is 6.00. The number of rotatable bonds is 13. The molecule has 3 amide bonds. The van der Waals surface area contributed by atoms with Gasteiger partial charge in [0.1, 0.15) is 6.04 Å². The Kier molecular flexibility index (Phi) is 11.3. The van der Waals surface area contributed by atoms with Crippen molar-refractivity contribution in [1.82, 2.24) is 15.5 Å². The molecule has 1 aromatic heterocycles. The van der Waals surface area contributed by atoms with Gasteiger partial charge in [0.25, 0.3) is 5.91 Å². The second-order valence-electron chi connectivity index (χ2n) is 10.1. The van der Waals surface area contributed by atoms with Gasteiger partial charge in [-0.3, -0.25) is 19.2 Å². The van der Waals surface area contributed by atoms with Crippen LogP contribution in [0.1, 0.15) is 62.2 Å². The van der Waals surface area contributed by atoms with E-state index in [0.717, 1.165) is 42.3 Å². The molecule has 1 heterocycles. The van der Waals surface area contributed by atoms with Crippen LogP contribution in [0.3, 0.4) is 0 Å². The Morgan fingerprint density at radius 3 is 2.49 bits per heavy atom. The van der Waals surface area contributed by atoms with Gasteiger partial charge in [-0.25, -0.2) is 0 Å². The Hall–Kier alpha value is -3.85. The molecule has 0 aliphatic carbocycles. The van der Waals surface area contributed by atoms with Gasteiger partial charge in [0.15, 0.2) is 16.8 Å². The van der Waals surface area contributed by atoms with Crippen LogP contribution in [0.25, 0.3) is 11.0 Å². The quantitative estimate of drug-likeness (QED) is 0.303. The molecule has 0 bridgehead atoms. The lowest BCUT2D eigenvalue weighted by Gasteiger charge is -2.29. The summed E-state index contributed by atoms with van der Waals surface area (Å²) in [6.07, 6.45) is 1.98. The number of amides is 3. The summed E-state index contributed by atoms with van der Waals surface area (Å²) in [6.45, 7) is 11.8. The third kappa shape index (κ3) is 8.33. The lowest BCUT2D eigenvalue weighted by Crippen LogP contribution is -2.47. The summed E-state index contributed by atoms with van der Waals surface area (Å²) >= 11 is 6.23. The average Bonchev–Trinajstić information content (AvgIpc) is 2.93. The van der Waals surface area contributed by atoms with E-state index in [1.165, 1.54) is 0 Å². The van der Waals surface area contributed by atoms with Gasteiger partial charge >= 0.3 is 0 Å². The number of carbonyl (C=O) groups is 3. The first-order chi connectivity index (χ1) is 19.5. The molecule has 10 heteroatoms. The molecule has 2 N–H and O–H groups in total. The van der Waals surface area contributed by atoms with Crippen molar-refractivity contribution in [2.75, 3.05) is 31.1 Å². The standard InChI is InChI=1S/C31H39ClN4O5/c1-6-8-14-36(26-12-10-9-11-23(26)19-35(7-2)22(5)37)15-13-33-30(39)21(4)34-31(40)28-18-27(38)24-16-20(3)17-25(32)29(24)41-28/h9-12,16-18,21H,6-8,13-15,19H2,1-5H3,(H,33,39)(H,34,40). The van der Waals surface area contributed by atoms with Crippen LogP contribution in [0.4, 0.5) is 5.69 Å². The first-order valence-corrected chi connectivity index (χ1v) is 14.3. The number of nitrogens with zero attached hydrogens (tertiary/aromatic N) is 2. The number of benzene rings is 2. The van der Waals surface area contributed by atoms with Crippen LogP contribution < -0.4 is 21.0 Å². The zero-order valence-electron chi connectivity index (χ0n) is 24.4. The number of anilines is 1. The Labute approximate surface area is 245 Å². The van der Waals surface area contributed by atoms with Crippen molar-refractivity contribution in [3.63, 3.8) is 0 Å². The molecular weight excluding hydrogens is 544 g/mol. The fourth-order valence-electron chi connectivity index (χ4n) is 4.57. The average molecular weight is 583 g/mol. The highest BCUT2D eigenvalue weighted by atomic mass is 35.5. The molecule has 9 nitrogen and oxygen atoms in total. The monoisotopic (exact) mass is 582 g/mol. The molecule has 0 fully saturated rings. The zero-order valence-corrected chi connectivity index (χ0v) is 25.1. The van der Waals surface area contributed by atoms with Gasteiger partial charge in [-0.15, -0.1) is 0 Å². The van der Waals surface area contributed by atoms with Crippen LogP contribution in [0, 0.1) is 6.92 Å². The van der Waals surface area contributed by atoms with Crippen LogP contribution in [0.15, 0.2) is 51.7 Å². The lowest BCUT2D eigenvalue weighted by molar-refractivity contribution is -0.129. The molecule has 1 atom stereocenters. The van der Waals surface area contributed by atoms with E-state index in [-0.39, 0.29) is 33.6 Å². The molecule has 3 aromatic rings.